The fourth-order valence-corrected chi connectivity index (χ4v) is 2.73. The van der Waals surface area contributed by atoms with Crippen molar-refractivity contribution in [2.75, 3.05) is 19.6 Å². The summed E-state index contributed by atoms with van der Waals surface area (Å²) in [4.78, 5) is 4.76. The first-order valence-corrected chi connectivity index (χ1v) is 7.83. The molecule has 1 aromatic carbocycles. The third-order valence-corrected chi connectivity index (χ3v) is 3.47. The third kappa shape index (κ3) is 3.50. The van der Waals surface area contributed by atoms with Crippen molar-refractivity contribution in [3.05, 3.63) is 24.0 Å². The molecule has 0 amide bonds. The van der Waals surface area contributed by atoms with Gasteiger partial charge in [0.2, 0.25) is 0 Å². The van der Waals surface area contributed by atoms with E-state index in [2.05, 4.69) is 17.6 Å². The van der Waals surface area contributed by atoms with E-state index >= 15 is 0 Å². The van der Waals surface area contributed by atoms with E-state index < -0.39 is 0 Å². The van der Waals surface area contributed by atoms with Crippen molar-refractivity contribution in [1.29, 1.82) is 0 Å². The Morgan fingerprint density at radius 1 is 1.29 bits per heavy atom. The molecule has 2 aromatic rings. The molecular weight excluding hydrogens is 288 g/mol. The van der Waals surface area contributed by atoms with Crippen LogP contribution in [-0.2, 0) is 11.2 Å². The lowest BCUT2D eigenvalue weighted by atomic mass is 10.2. The van der Waals surface area contributed by atoms with Crippen LogP contribution >= 0.6 is 11.6 Å². The smallest absolute Gasteiger partial charge is 0.147 e. The third-order valence-electron chi connectivity index (χ3n) is 3.29. The Labute approximate surface area is 131 Å². The number of fused-ring (bicyclic) bond motifs is 1. The van der Waals surface area contributed by atoms with Crippen LogP contribution in [0.4, 0.5) is 0 Å². The lowest BCUT2D eigenvalue weighted by Gasteiger charge is -2.16. The number of benzene rings is 1. The first kappa shape index (κ1) is 16.1. The second-order valence-corrected chi connectivity index (χ2v) is 5.81. The van der Waals surface area contributed by atoms with Gasteiger partial charge in [-0.15, -0.1) is 11.6 Å². The molecular formula is C16H23ClN2O2. The Morgan fingerprint density at radius 3 is 2.67 bits per heavy atom. The van der Waals surface area contributed by atoms with E-state index in [9.17, 15) is 0 Å². The molecule has 0 bridgehead atoms. The summed E-state index contributed by atoms with van der Waals surface area (Å²) in [7, 11) is 1.71. The van der Waals surface area contributed by atoms with Gasteiger partial charge in [0.25, 0.3) is 0 Å². The van der Waals surface area contributed by atoms with Crippen LogP contribution in [0, 0.1) is 0 Å². The van der Waals surface area contributed by atoms with Crippen LogP contribution in [0.25, 0.3) is 11.0 Å². The Bertz CT molecular complexity index is 595. The van der Waals surface area contributed by atoms with Gasteiger partial charge in [0, 0.05) is 19.4 Å². The van der Waals surface area contributed by atoms with Crippen molar-refractivity contribution >= 4 is 22.6 Å². The molecule has 0 fully saturated rings. The number of hydrogen-bond acceptors (Lipinski definition) is 3. The molecule has 0 aliphatic rings. The van der Waals surface area contributed by atoms with Crippen molar-refractivity contribution in [2.24, 2.45) is 0 Å². The second-order valence-electron chi connectivity index (χ2n) is 5.43. The zero-order valence-electron chi connectivity index (χ0n) is 13.1. The minimum absolute atomic E-state index is 0.119. The van der Waals surface area contributed by atoms with Gasteiger partial charge in [0.05, 0.1) is 24.3 Å². The highest BCUT2D eigenvalue weighted by Gasteiger charge is 2.18. The summed E-state index contributed by atoms with van der Waals surface area (Å²) in [6.07, 6.45) is 0.847. The molecule has 1 unspecified atom stereocenters. The normalized spacial score (nSPS) is 13.0. The monoisotopic (exact) mass is 310 g/mol. The van der Waals surface area contributed by atoms with Gasteiger partial charge in [-0.2, -0.15) is 0 Å². The first-order chi connectivity index (χ1) is 10.1. The molecule has 5 heteroatoms. The van der Waals surface area contributed by atoms with Crippen LogP contribution in [0.3, 0.4) is 0 Å². The summed E-state index contributed by atoms with van der Waals surface area (Å²) >= 11 is 5.93. The molecule has 116 valence electrons. The van der Waals surface area contributed by atoms with Gasteiger partial charge in [-0.25, -0.2) is 4.98 Å². The van der Waals surface area contributed by atoms with Crippen LogP contribution < -0.4 is 4.74 Å². The molecule has 4 nitrogen and oxygen atoms in total. The van der Waals surface area contributed by atoms with E-state index in [1.807, 2.05) is 26.0 Å². The largest absolute Gasteiger partial charge is 0.489 e. The lowest BCUT2D eigenvalue weighted by Crippen LogP contribution is -2.14. The van der Waals surface area contributed by atoms with Crippen LogP contribution in [0.1, 0.15) is 32.6 Å². The standard InChI is InChI=1S/C16H23ClN2O2/c1-11(2)21-14-7-5-6-13-16(14)18-15(8-9-17)19(13)12(3)10-20-4/h5-7,11-12H,8-10H2,1-4H3. The maximum Gasteiger partial charge on any atom is 0.147 e. The topological polar surface area (TPSA) is 36.3 Å². The van der Waals surface area contributed by atoms with Gasteiger partial charge in [0.15, 0.2) is 0 Å². The van der Waals surface area contributed by atoms with Crippen LogP contribution in [-0.4, -0.2) is 35.3 Å². The average molecular weight is 311 g/mol. The average Bonchev–Trinajstić information content (AvgIpc) is 2.78. The van der Waals surface area contributed by atoms with E-state index in [4.69, 9.17) is 26.1 Å². The molecule has 0 spiro atoms. The Morgan fingerprint density at radius 2 is 2.05 bits per heavy atom. The van der Waals surface area contributed by atoms with Gasteiger partial charge in [0.1, 0.15) is 17.1 Å². The van der Waals surface area contributed by atoms with Crippen molar-refractivity contribution in [3.8, 4) is 5.75 Å². The minimum atomic E-state index is 0.119. The highest BCUT2D eigenvalue weighted by Crippen LogP contribution is 2.29. The van der Waals surface area contributed by atoms with Crippen LogP contribution in [0.2, 0.25) is 0 Å². The first-order valence-electron chi connectivity index (χ1n) is 7.29. The molecule has 0 N–H and O–H groups in total. The zero-order chi connectivity index (χ0) is 15.4. The van der Waals surface area contributed by atoms with Crippen molar-refractivity contribution in [2.45, 2.75) is 39.3 Å². The van der Waals surface area contributed by atoms with E-state index in [0.717, 1.165) is 29.0 Å². The summed E-state index contributed by atoms with van der Waals surface area (Å²) in [6, 6.07) is 6.24. The Balaban J connectivity index is 2.56. The molecule has 1 aromatic heterocycles. The fraction of sp³-hybridized carbons (Fsp3) is 0.562. The van der Waals surface area contributed by atoms with Crippen LogP contribution in [0.15, 0.2) is 18.2 Å². The molecule has 0 saturated heterocycles. The fourth-order valence-electron chi connectivity index (χ4n) is 2.56. The number of para-hydroxylation sites is 1. The summed E-state index contributed by atoms with van der Waals surface area (Å²) in [5.74, 6) is 2.34. The Kier molecular flexibility index (Phi) is 5.48. The van der Waals surface area contributed by atoms with Gasteiger partial charge < -0.3 is 14.0 Å². The van der Waals surface area contributed by atoms with Crippen LogP contribution in [0.5, 0.6) is 5.75 Å². The molecule has 1 heterocycles. The molecule has 0 radical (unpaired) electrons. The number of imidazole rings is 1. The lowest BCUT2D eigenvalue weighted by molar-refractivity contribution is 0.162. The predicted molar refractivity (Wildman–Crippen MR) is 86.5 cm³/mol. The number of ether oxygens (including phenoxy) is 2. The molecule has 2 rings (SSSR count). The quantitative estimate of drug-likeness (QED) is 0.730. The second kappa shape index (κ2) is 7.14. The SMILES string of the molecule is COCC(C)n1c(CCCl)nc2c(OC(C)C)cccc21. The zero-order valence-corrected chi connectivity index (χ0v) is 13.9. The number of aryl methyl sites for hydroxylation is 1. The van der Waals surface area contributed by atoms with Gasteiger partial charge in [-0.3, -0.25) is 0 Å². The molecule has 0 aliphatic carbocycles. The molecule has 21 heavy (non-hydrogen) atoms. The number of rotatable bonds is 7. The van der Waals surface area contributed by atoms with Gasteiger partial charge >= 0.3 is 0 Å². The predicted octanol–water partition coefficient (Wildman–Crippen LogP) is 3.81. The number of aromatic nitrogens is 2. The number of hydrogen-bond donors (Lipinski definition) is 0. The number of nitrogens with zero attached hydrogens (tertiary/aromatic N) is 2. The van der Waals surface area contributed by atoms with E-state index in [-0.39, 0.29) is 12.1 Å². The molecule has 0 saturated carbocycles. The number of halogens is 1. The van der Waals surface area contributed by atoms with Crippen molar-refractivity contribution < 1.29 is 9.47 Å². The summed E-state index contributed by atoms with van der Waals surface area (Å²) in [5, 5.41) is 0. The highest BCUT2D eigenvalue weighted by molar-refractivity contribution is 6.17. The summed E-state index contributed by atoms with van der Waals surface area (Å²) in [6.45, 7) is 6.79. The van der Waals surface area contributed by atoms with Crippen molar-refractivity contribution in [3.63, 3.8) is 0 Å². The maximum atomic E-state index is 5.93. The van der Waals surface area contributed by atoms with Gasteiger partial charge in [-0.1, -0.05) is 6.07 Å². The number of methoxy groups -OCH3 is 1. The van der Waals surface area contributed by atoms with E-state index in [0.29, 0.717) is 12.5 Å². The van der Waals surface area contributed by atoms with Crippen molar-refractivity contribution in [1.82, 2.24) is 9.55 Å². The van der Waals surface area contributed by atoms with Gasteiger partial charge in [-0.05, 0) is 32.9 Å². The number of alkyl halides is 1. The highest BCUT2D eigenvalue weighted by atomic mass is 35.5. The minimum Gasteiger partial charge on any atom is -0.489 e. The maximum absolute atomic E-state index is 5.93. The van der Waals surface area contributed by atoms with E-state index in [1.54, 1.807) is 7.11 Å². The Hall–Kier alpha value is -1.26. The van der Waals surface area contributed by atoms with E-state index in [1.165, 1.54) is 0 Å². The summed E-state index contributed by atoms with van der Waals surface area (Å²) < 4.78 is 13.4. The summed E-state index contributed by atoms with van der Waals surface area (Å²) in [5.41, 5.74) is 1.96. The molecule has 0 aliphatic heterocycles. The molecule has 1 atom stereocenters.